The molecule has 0 atom stereocenters. The Hall–Kier alpha value is -1.48. The van der Waals surface area contributed by atoms with Gasteiger partial charge in [0.15, 0.2) is 0 Å². The molecule has 0 saturated heterocycles. The third-order valence-electron chi connectivity index (χ3n) is 2.83. The van der Waals surface area contributed by atoms with Gasteiger partial charge >= 0.3 is 6.03 Å². The Bertz CT molecular complexity index is 473. The molecule has 0 aliphatic rings. The largest absolute Gasteiger partial charge is 0.324 e. The van der Waals surface area contributed by atoms with E-state index in [1.807, 2.05) is 35.2 Å². The molecule has 0 aliphatic carbocycles. The molecule has 4 heteroatoms. The topological polar surface area (TPSA) is 32.3 Å². The van der Waals surface area contributed by atoms with Gasteiger partial charge in [0.25, 0.3) is 0 Å². The fraction of sp³-hybridized carbons (Fsp3) is 0.471. The van der Waals surface area contributed by atoms with Crippen LogP contribution < -0.4 is 5.32 Å². The average molecular weight is 309 g/mol. The molecule has 0 bridgehead atoms. The predicted molar refractivity (Wildman–Crippen MR) is 90.3 cm³/mol. The lowest BCUT2D eigenvalue weighted by molar-refractivity contribution is 0.187. The highest BCUT2D eigenvalue weighted by molar-refractivity contribution is 6.32. The second-order valence-electron chi connectivity index (χ2n) is 6.00. The molecule has 0 spiro atoms. The van der Waals surface area contributed by atoms with E-state index in [0.717, 1.165) is 18.7 Å². The molecule has 116 valence electrons. The molecule has 21 heavy (non-hydrogen) atoms. The highest BCUT2D eigenvalue weighted by atomic mass is 35.5. The van der Waals surface area contributed by atoms with Crippen LogP contribution in [-0.2, 0) is 0 Å². The van der Waals surface area contributed by atoms with Gasteiger partial charge in [0.05, 0.1) is 0 Å². The van der Waals surface area contributed by atoms with Gasteiger partial charge in [-0.05, 0) is 29.5 Å². The third kappa shape index (κ3) is 6.67. The second kappa shape index (κ2) is 8.73. The summed E-state index contributed by atoms with van der Waals surface area (Å²) in [6, 6.07) is 7.46. The molecule has 1 N–H and O–H groups in total. The lowest BCUT2D eigenvalue weighted by atomic mass is 10.1. The maximum Gasteiger partial charge on any atom is 0.321 e. The zero-order chi connectivity index (χ0) is 15.8. The quantitative estimate of drug-likeness (QED) is 0.816. The van der Waals surface area contributed by atoms with Crippen LogP contribution in [0.2, 0.25) is 5.02 Å². The Morgan fingerprint density at radius 2 is 1.76 bits per heavy atom. The van der Waals surface area contributed by atoms with Crippen LogP contribution in [0.3, 0.4) is 0 Å². The number of amides is 2. The van der Waals surface area contributed by atoms with Crippen LogP contribution in [0.1, 0.15) is 33.3 Å². The number of hydrogen-bond donors (Lipinski definition) is 1. The average Bonchev–Trinajstić information content (AvgIpc) is 2.39. The number of urea groups is 1. The van der Waals surface area contributed by atoms with Crippen molar-refractivity contribution in [2.45, 2.75) is 27.7 Å². The van der Waals surface area contributed by atoms with Crippen molar-refractivity contribution in [2.75, 3.05) is 13.1 Å². The maximum atomic E-state index is 12.2. The van der Waals surface area contributed by atoms with E-state index in [1.165, 1.54) is 0 Å². The summed E-state index contributed by atoms with van der Waals surface area (Å²) < 4.78 is 0. The Kier molecular flexibility index (Phi) is 7.30. The minimum absolute atomic E-state index is 0.0688. The molecule has 1 aromatic carbocycles. The summed E-state index contributed by atoms with van der Waals surface area (Å²) in [5.74, 6) is 0.893. The number of carbonyl (C=O) groups excluding carboxylic acids is 1. The SMILES string of the molecule is CC(C)CN(CC(C)C)C(=O)N/C=C/c1ccccc1Cl. The van der Waals surface area contributed by atoms with E-state index in [9.17, 15) is 4.79 Å². The molecule has 2 amide bonds. The van der Waals surface area contributed by atoms with Crippen molar-refractivity contribution >= 4 is 23.7 Å². The molecule has 1 rings (SSSR count). The first-order valence-corrected chi connectivity index (χ1v) is 7.74. The van der Waals surface area contributed by atoms with E-state index in [1.54, 1.807) is 6.20 Å². The normalized spacial score (nSPS) is 11.4. The zero-order valence-corrected chi connectivity index (χ0v) is 14.0. The lowest BCUT2D eigenvalue weighted by Crippen LogP contribution is -2.41. The number of carbonyl (C=O) groups is 1. The second-order valence-corrected chi connectivity index (χ2v) is 6.40. The molecule has 3 nitrogen and oxygen atoms in total. The van der Waals surface area contributed by atoms with Gasteiger partial charge in [0, 0.05) is 24.3 Å². The molecule has 0 aliphatic heterocycles. The van der Waals surface area contributed by atoms with Crippen LogP contribution in [0.15, 0.2) is 30.5 Å². The molecular formula is C17H25ClN2O. The van der Waals surface area contributed by atoms with E-state index >= 15 is 0 Å². The number of rotatable bonds is 6. The first-order chi connectivity index (χ1) is 9.90. The van der Waals surface area contributed by atoms with Gasteiger partial charge in [-0.3, -0.25) is 0 Å². The summed E-state index contributed by atoms with van der Waals surface area (Å²) in [5.41, 5.74) is 0.888. The third-order valence-corrected chi connectivity index (χ3v) is 3.18. The van der Waals surface area contributed by atoms with Crippen molar-refractivity contribution in [3.05, 3.63) is 41.1 Å². The fourth-order valence-electron chi connectivity index (χ4n) is 2.03. The van der Waals surface area contributed by atoms with Crippen LogP contribution in [0.5, 0.6) is 0 Å². The number of hydrogen-bond acceptors (Lipinski definition) is 1. The summed E-state index contributed by atoms with van der Waals surface area (Å²) >= 11 is 6.07. The Morgan fingerprint density at radius 1 is 1.19 bits per heavy atom. The minimum Gasteiger partial charge on any atom is -0.324 e. The number of nitrogens with zero attached hydrogens (tertiary/aromatic N) is 1. The first kappa shape index (κ1) is 17.6. The summed E-state index contributed by atoms with van der Waals surface area (Å²) in [4.78, 5) is 14.1. The molecular weight excluding hydrogens is 284 g/mol. The van der Waals surface area contributed by atoms with Gasteiger partial charge in [-0.25, -0.2) is 4.79 Å². The Morgan fingerprint density at radius 3 is 2.29 bits per heavy atom. The van der Waals surface area contributed by atoms with Crippen LogP contribution in [0, 0.1) is 11.8 Å². The van der Waals surface area contributed by atoms with Crippen LogP contribution in [0.25, 0.3) is 6.08 Å². The molecule has 1 aromatic rings. The standard InChI is InChI=1S/C17H25ClN2O/c1-13(2)11-20(12-14(3)4)17(21)19-10-9-15-7-5-6-8-16(15)18/h5-10,13-14H,11-12H2,1-4H3,(H,19,21)/b10-9+. The summed E-state index contributed by atoms with van der Waals surface area (Å²) in [5, 5.41) is 3.49. The number of halogens is 1. The Balaban J connectivity index is 2.62. The van der Waals surface area contributed by atoms with E-state index < -0.39 is 0 Å². The van der Waals surface area contributed by atoms with Crippen LogP contribution in [-0.4, -0.2) is 24.0 Å². The molecule has 0 saturated carbocycles. The number of benzene rings is 1. The first-order valence-electron chi connectivity index (χ1n) is 7.36. The van der Waals surface area contributed by atoms with Crippen molar-refractivity contribution in [1.29, 1.82) is 0 Å². The summed E-state index contributed by atoms with van der Waals surface area (Å²) in [6.07, 6.45) is 3.46. The van der Waals surface area contributed by atoms with Gasteiger partial charge in [0.2, 0.25) is 0 Å². The van der Waals surface area contributed by atoms with Gasteiger partial charge < -0.3 is 10.2 Å². The highest BCUT2D eigenvalue weighted by Gasteiger charge is 2.14. The van der Waals surface area contributed by atoms with Gasteiger partial charge in [-0.1, -0.05) is 57.5 Å². The summed E-state index contributed by atoms with van der Waals surface area (Å²) in [7, 11) is 0. The molecule has 0 heterocycles. The van der Waals surface area contributed by atoms with Crippen molar-refractivity contribution in [3.8, 4) is 0 Å². The molecule has 0 radical (unpaired) electrons. The van der Waals surface area contributed by atoms with E-state index in [2.05, 4.69) is 33.0 Å². The van der Waals surface area contributed by atoms with Crippen molar-refractivity contribution in [1.82, 2.24) is 10.2 Å². The maximum absolute atomic E-state index is 12.2. The van der Waals surface area contributed by atoms with Gasteiger partial charge in [0.1, 0.15) is 0 Å². The fourth-order valence-corrected chi connectivity index (χ4v) is 2.22. The zero-order valence-electron chi connectivity index (χ0n) is 13.3. The van der Waals surface area contributed by atoms with Crippen molar-refractivity contribution < 1.29 is 4.79 Å². The number of nitrogens with one attached hydrogen (secondary N) is 1. The molecule has 0 fully saturated rings. The predicted octanol–water partition coefficient (Wildman–Crippen LogP) is 4.63. The summed E-state index contributed by atoms with van der Waals surface area (Å²) in [6.45, 7) is 9.95. The lowest BCUT2D eigenvalue weighted by Gasteiger charge is -2.25. The van der Waals surface area contributed by atoms with Crippen molar-refractivity contribution in [2.24, 2.45) is 11.8 Å². The van der Waals surface area contributed by atoms with E-state index in [0.29, 0.717) is 16.9 Å². The molecule has 0 aromatic heterocycles. The van der Waals surface area contributed by atoms with E-state index in [4.69, 9.17) is 11.6 Å². The monoisotopic (exact) mass is 308 g/mol. The van der Waals surface area contributed by atoms with Crippen molar-refractivity contribution in [3.63, 3.8) is 0 Å². The van der Waals surface area contributed by atoms with Gasteiger partial charge in [-0.15, -0.1) is 0 Å². The van der Waals surface area contributed by atoms with Crippen LogP contribution in [0.4, 0.5) is 4.79 Å². The molecule has 0 unspecified atom stereocenters. The minimum atomic E-state index is -0.0688. The van der Waals surface area contributed by atoms with Crippen LogP contribution >= 0.6 is 11.6 Å². The smallest absolute Gasteiger partial charge is 0.321 e. The van der Waals surface area contributed by atoms with E-state index in [-0.39, 0.29) is 6.03 Å². The Labute approximate surface area is 133 Å². The highest BCUT2D eigenvalue weighted by Crippen LogP contribution is 2.15. The van der Waals surface area contributed by atoms with Gasteiger partial charge in [-0.2, -0.15) is 0 Å².